The molecule has 0 aromatic carbocycles. The fraction of sp³-hybridized carbons (Fsp3) is 0.500. The van der Waals surface area contributed by atoms with Gasteiger partial charge in [0.05, 0.1) is 4.92 Å². The molecule has 1 rings (SSSR count). The van der Waals surface area contributed by atoms with Crippen LogP contribution in [-0.4, -0.2) is 25.8 Å². The molecule has 0 saturated carbocycles. The highest BCUT2D eigenvalue weighted by molar-refractivity contribution is 5.89. The fourth-order valence-corrected chi connectivity index (χ4v) is 1.08. The molecule has 0 bridgehead atoms. The van der Waals surface area contributed by atoms with E-state index in [4.69, 9.17) is 5.11 Å². The third-order valence-corrected chi connectivity index (χ3v) is 2.15. The van der Waals surface area contributed by atoms with E-state index in [1.54, 1.807) is 0 Å². The summed E-state index contributed by atoms with van der Waals surface area (Å²) in [5.74, 6) is -1.39. The first-order valence-corrected chi connectivity index (χ1v) is 4.44. The van der Waals surface area contributed by atoms with Crippen molar-refractivity contribution in [2.75, 3.05) is 0 Å². The van der Waals surface area contributed by atoms with Gasteiger partial charge in [0.2, 0.25) is 5.69 Å². The molecule has 0 aliphatic rings. The first-order chi connectivity index (χ1) is 6.97. The van der Waals surface area contributed by atoms with Crippen molar-refractivity contribution in [1.29, 1.82) is 0 Å². The maximum atomic E-state index is 10.7. The second-order valence-electron chi connectivity index (χ2n) is 3.16. The number of carboxylic acid groups (broad SMARTS) is 1. The molecule has 0 fully saturated rings. The number of aromatic nitrogens is 2. The molecule has 1 atom stereocenters. The number of hydrogen-bond donors (Lipinski definition) is 1. The summed E-state index contributed by atoms with van der Waals surface area (Å²) in [5.41, 5.74) is -0.983. The quantitative estimate of drug-likeness (QED) is 0.603. The first-order valence-electron chi connectivity index (χ1n) is 4.44. The average Bonchev–Trinajstić information content (AvgIpc) is 2.61. The lowest BCUT2D eigenvalue weighted by molar-refractivity contribution is -0.385. The minimum atomic E-state index is -1.39. The Balaban J connectivity index is 3.21. The van der Waals surface area contributed by atoms with Gasteiger partial charge in [0.1, 0.15) is 6.20 Å². The van der Waals surface area contributed by atoms with Crippen LogP contribution in [0.4, 0.5) is 5.69 Å². The standard InChI is InChI=1S/C8H11N3O4/c1-3-5(2)10-4-6(11(14)15)7(9-10)8(12)13/h4-5H,3H2,1-2H3,(H,12,13)/t5-/m1/s1. The zero-order valence-corrected chi connectivity index (χ0v) is 8.38. The minimum Gasteiger partial charge on any atom is -0.476 e. The van der Waals surface area contributed by atoms with Gasteiger partial charge in [-0.2, -0.15) is 5.10 Å². The summed E-state index contributed by atoms with van der Waals surface area (Å²) in [6.07, 6.45) is 1.87. The second kappa shape index (κ2) is 4.07. The Morgan fingerprint density at radius 3 is 2.73 bits per heavy atom. The number of hydrogen-bond acceptors (Lipinski definition) is 4. The van der Waals surface area contributed by atoms with E-state index < -0.39 is 22.3 Å². The highest BCUT2D eigenvalue weighted by Gasteiger charge is 2.26. The van der Waals surface area contributed by atoms with Crippen LogP contribution in [0.5, 0.6) is 0 Å². The molecule has 0 amide bonds. The Morgan fingerprint density at radius 1 is 1.80 bits per heavy atom. The molecule has 0 aliphatic heterocycles. The van der Waals surface area contributed by atoms with E-state index in [0.717, 1.165) is 12.6 Å². The van der Waals surface area contributed by atoms with Crippen LogP contribution in [-0.2, 0) is 0 Å². The van der Waals surface area contributed by atoms with E-state index in [9.17, 15) is 14.9 Å². The van der Waals surface area contributed by atoms with Gasteiger partial charge in [-0.1, -0.05) is 6.92 Å². The van der Waals surface area contributed by atoms with E-state index >= 15 is 0 Å². The lowest BCUT2D eigenvalue weighted by Gasteiger charge is -2.06. The van der Waals surface area contributed by atoms with Crippen molar-refractivity contribution in [2.24, 2.45) is 0 Å². The van der Waals surface area contributed by atoms with Crippen LogP contribution in [0, 0.1) is 10.1 Å². The molecular weight excluding hydrogens is 202 g/mol. The third kappa shape index (κ3) is 2.12. The molecule has 0 unspecified atom stereocenters. The summed E-state index contributed by atoms with van der Waals surface area (Å²) >= 11 is 0. The summed E-state index contributed by atoms with van der Waals surface area (Å²) in [7, 11) is 0. The predicted molar refractivity (Wildman–Crippen MR) is 50.8 cm³/mol. The van der Waals surface area contributed by atoms with Crippen molar-refractivity contribution in [3.63, 3.8) is 0 Å². The van der Waals surface area contributed by atoms with Gasteiger partial charge in [0, 0.05) is 6.04 Å². The van der Waals surface area contributed by atoms with Gasteiger partial charge in [-0.05, 0) is 13.3 Å². The molecule has 15 heavy (non-hydrogen) atoms. The zero-order valence-electron chi connectivity index (χ0n) is 8.38. The highest BCUT2D eigenvalue weighted by Crippen LogP contribution is 2.20. The molecule has 0 spiro atoms. The minimum absolute atomic E-state index is 0.0585. The topological polar surface area (TPSA) is 98.3 Å². The van der Waals surface area contributed by atoms with Crippen molar-refractivity contribution < 1.29 is 14.8 Å². The van der Waals surface area contributed by atoms with Gasteiger partial charge >= 0.3 is 11.7 Å². The molecule has 1 aromatic heterocycles. The third-order valence-electron chi connectivity index (χ3n) is 2.15. The Hall–Kier alpha value is -1.92. The number of nitro groups is 1. The maximum absolute atomic E-state index is 10.7. The van der Waals surface area contributed by atoms with E-state index in [0.29, 0.717) is 0 Å². The van der Waals surface area contributed by atoms with Crippen molar-refractivity contribution in [1.82, 2.24) is 9.78 Å². The average molecular weight is 213 g/mol. The molecule has 0 saturated heterocycles. The molecule has 0 radical (unpaired) electrons. The smallest absolute Gasteiger partial charge is 0.363 e. The molecule has 1 N–H and O–H groups in total. The van der Waals surface area contributed by atoms with Gasteiger partial charge in [-0.3, -0.25) is 14.8 Å². The van der Waals surface area contributed by atoms with E-state index in [1.165, 1.54) is 4.68 Å². The lowest BCUT2D eigenvalue weighted by Crippen LogP contribution is -2.06. The number of nitrogens with zero attached hydrogens (tertiary/aromatic N) is 3. The van der Waals surface area contributed by atoms with Crippen molar-refractivity contribution in [2.45, 2.75) is 26.3 Å². The maximum Gasteiger partial charge on any atom is 0.363 e. The number of aromatic carboxylic acids is 1. The normalized spacial score (nSPS) is 12.4. The predicted octanol–water partition coefficient (Wildman–Crippen LogP) is 1.46. The van der Waals surface area contributed by atoms with Crippen molar-refractivity contribution in [3.05, 3.63) is 22.0 Å². The van der Waals surface area contributed by atoms with Gasteiger partial charge in [-0.25, -0.2) is 4.79 Å². The van der Waals surface area contributed by atoms with Crippen LogP contribution in [0.1, 0.15) is 36.8 Å². The van der Waals surface area contributed by atoms with E-state index in [2.05, 4.69) is 5.10 Å². The van der Waals surface area contributed by atoms with Gasteiger partial charge in [-0.15, -0.1) is 0 Å². The summed E-state index contributed by atoms with van der Waals surface area (Å²) in [4.78, 5) is 20.5. The lowest BCUT2D eigenvalue weighted by atomic mass is 10.3. The molecule has 1 aromatic rings. The first kappa shape index (κ1) is 11.2. The Labute approximate surface area is 85.5 Å². The van der Waals surface area contributed by atoms with Crippen LogP contribution in [0.15, 0.2) is 6.20 Å². The molecule has 7 heteroatoms. The molecule has 0 aliphatic carbocycles. The fourth-order valence-electron chi connectivity index (χ4n) is 1.08. The van der Waals surface area contributed by atoms with Crippen molar-refractivity contribution >= 4 is 11.7 Å². The SMILES string of the molecule is CC[C@@H](C)n1cc([N+](=O)[O-])c(C(=O)O)n1. The van der Waals surface area contributed by atoms with Gasteiger partial charge < -0.3 is 5.11 Å². The largest absolute Gasteiger partial charge is 0.476 e. The summed E-state index contributed by atoms with van der Waals surface area (Å²) in [6.45, 7) is 3.70. The monoisotopic (exact) mass is 213 g/mol. The van der Waals surface area contributed by atoms with Gasteiger partial charge in [0.25, 0.3) is 0 Å². The van der Waals surface area contributed by atoms with Crippen LogP contribution < -0.4 is 0 Å². The van der Waals surface area contributed by atoms with Crippen LogP contribution in [0.3, 0.4) is 0 Å². The summed E-state index contributed by atoms with van der Waals surface area (Å²) in [5, 5.41) is 22.9. The number of carbonyl (C=O) groups is 1. The number of carboxylic acids is 1. The molecular formula is C8H11N3O4. The van der Waals surface area contributed by atoms with E-state index in [1.807, 2.05) is 13.8 Å². The zero-order chi connectivity index (χ0) is 11.6. The Bertz CT molecular complexity index is 367. The van der Waals surface area contributed by atoms with Crippen molar-refractivity contribution in [3.8, 4) is 0 Å². The molecule has 1 heterocycles. The van der Waals surface area contributed by atoms with Gasteiger partial charge in [0.15, 0.2) is 0 Å². The molecule has 7 nitrogen and oxygen atoms in total. The summed E-state index contributed by atoms with van der Waals surface area (Å²) < 4.78 is 1.31. The highest BCUT2D eigenvalue weighted by atomic mass is 16.6. The van der Waals surface area contributed by atoms with Crippen LogP contribution in [0.25, 0.3) is 0 Å². The summed E-state index contributed by atoms with van der Waals surface area (Å²) in [6, 6.07) is -0.0585. The Morgan fingerprint density at radius 2 is 2.40 bits per heavy atom. The number of rotatable bonds is 4. The van der Waals surface area contributed by atoms with Crippen LogP contribution >= 0.6 is 0 Å². The second-order valence-corrected chi connectivity index (χ2v) is 3.16. The molecule has 82 valence electrons. The van der Waals surface area contributed by atoms with Crippen LogP contribution in [0.2, 0.25) is 0 Å². The van der Waals surface area contributed by atoms with E-state index in [-0.39, 0.29) is 6.04 Å². The Kier molecular flexibility index (Phi) is 3.03.